The topological polar surface area (TPSA) is 52.4 Å². The molecule has 1 rings (SSSR count). The van der Waals surface area contributed by atoms with Crippen LogP contribution in [0.1, 0.15) is 13.3 Å². The van der Waals surface area contributed by atoms with Gasteiger partial charge < -0.3 is 4.74 Å². The van der Waals surface area contributed by atoms with Crippen LogP contribution in [-0.4, -0.2) is 18.1 Å². The van der Waals surface area contributed by atoms with Crippen LogP contribution in [0, 0.1) is 10.1 Å². The highest BCUT2D eigenvalue weighted by Crippen LogP contribution is 2.20. The fourth-order valence-electron chi connectivity index (χ4n) is 1.15. The molecule has 0 heterocycles. The van der Waals surface area contributed by atoms with Crippen molar-refractivity contribution in [2.45, 2.75) is 19.4 Å². The molecule has 0 N–H and O–H groups in total. The first-order chi connectivity index (χ1) is 5.65. The Balaban J connectivity index is 2.83. The zero-order valence-corrected chi connectivity index (χ0v) is 7.11. The van der Waals surface area contributed by atoms with Gasteiger partial charge >= 0.3 is 0 Å². The molecule has 1 unspecified atom stereocenters. The summed E-state index contributed by atoms with van der Waals surface area (Å²) < 4.78 is 4.99. The van der Waals surface area contributed by atoms with Crippen molar-refractivity contribution in [3.8, 4) is 0 Å². The van der Waals surface area contributed by atoms with Gasteiger partial charge in [-0.05, 0) is 6.92 Å². The summed E-state index contributed by atoms with van der Waals surface area (Å²) in [5.74, 6) is 0. The lowest BCUT2D eigenvalue weighted by Crippen LogP contribution is -2.16. The summed E-state index contributed by atoms with van der Waals surface area (Å²) >= 11 is 0. The first-order valence-electron chi connectivity index (χ1n) is 3.70. The van der Waals surface area contributed by atoms with Crippen molar-refractivity contribution in [3.63, 3.8) is 0 Å². The first-order valence-corrected chi connectivity index (χ1v) is 3.70. The van der Waals surface area contributed by atoms with E-state index in [9.17, 15) is 10.1 Å². The fourth-order valence-corrected chi connectivity index (χ4v) is 1.15. The molecular formula is C8H11NO3. The van der Waals surface area contributed by atoms with Crippen molar-refractivity contribution in [2.75, 3.05) is 7.11 Å². The minimum Gasteiger partial charge on any atom is -0.377 e. The van der Waals surface area contributed by atoms with Crippen molar-refractivity contribution in [1.29, 1.82) is 0 Å². The quantitative estimate of drug-likeness (QED) is 0.465. The SMILES string of the molecule is COC1C=CC(C)=C([N+](=O)[O-])C1. The lowest BCUT2D eigenvalue weighted by molar-refractivity contribution is -0.430. The molecule has 0 bridgehead atoms. The molecule has 1 aliphatic rings. The van der Waals surface area contributed by atoms with E-state index in [1.165, 1.54) is 0 Å². The molecule has 0 aromatic rings. The number of nitro groups is 1. The minimum atomic E-state index is -0.342. The Morgan fingerprint density at radius 2 is 2.42 bits per heavy atom. The van der Waals surface area contributed by atoms with E-state index >= 15 is 0 Å². The highest BCUT2D eigenvalue weighted by molar-refractivity contribution is 5.25. The average molecular weight is 169 g/mol. The molecule has 0 radical (unpaired) electrons. The van der Waals surface area contributed by atoms with E-state index in [4.69, 9.17) is 4.74 Å². The molecule has 0 amide bonds. The highest BCUT2D eigenvalue weighted by atomic mass is 16.6. The van der Waals surface area contributed by atoms with Gasteiger partial charge in [0.05, 0.1) is 17.4 Å². The van der Waals surface area contributed by atoms with E-state index in [1.807, 2.05) is 6.08 Å². The van der Waals surface area contributed by atoms with Crippen LogP contribution < -0.4 is 0 Å². The number of methoxy groups -OCH3 is 1. The summed E-state index contributed by atoms with van der Waals surface area (Å²) in [6.45, 7) is 1.74. The Bertz CT molecular complexity index is 255. The third kappa shape index (κ3) is 1.71. The second-order valence-electron chi connectivity index (χ2n) is 2.72. The van der Waals surface area contributed by atoms with Crippen LogP contribution in [-0.2, 0) is 4.74 Å². The fraction of sp³-hybridized carbons (Fsp3) is 0.500. The Kier molecular flexibility index (Phi) is 2.60. The molecule has 66 valence electrons. The van der Waals surface area contributed by atoms with Crippen LogP contribution in [0.2, 0.25) is 0 Å². The molecule has 0 saturated heterocycles. The zero-order chi connectivity index (χ0) is 9.14. The second kappa shape index (κ2) is 3.49. The van der Waals surface area contributed by atoms with Crippen molar-refractivity contribution >= 4 is 0 Å². The summed E-state index contributed by atoms with van der Waals surface area (Å²) in [6.07, 6.45) is 3.79. The van der Waals surface area contributed by atoms with E-state index in [1.54, 1.807) is 20.1 Å². The number of hydrogen-bond acceptors (Lipinski definition) is 3. The summed E-state index contributed by atoms with van der Waals surface area (Å²) in [5.41, 5.74) is 0.970. The van der Waals surface area contributed by atoms with Crippen LogP contribution in [0.5, 0.6) is 0 Å². The first kappa shape index (κ1) is 8.93. The summed E-state index contributed by atoms with van der Waals surface area (Å²) in [6, 6.07) is 0. The second-order valence-corrected chi connectivity index (χ2v) is 2.72. The number of ether oxygens (including phenoxy) is 1. The minimum absolute atomic E-state index is 0.144. The number of nitrogens with zero attached hydrogens (tertiary/aromatic N) is 1. The summed E-state index contributed by atoms with van der Waals surface area (Å²) in [5, 5.41) is 10.5. The predicted octanol–water partition coefficient (Wildman–Crippen LogP) is 1.51. The summed E-state index contributed by atoms with van der Waals surface area (Å²) in [7, 11) is 1.55. The molecule has 4 nitrogen and oxygen atoms in total. The Morgan fingerprint density at radius 3 is 2.92 bits per heavy atom. The molecule has 0 spiro atoms. The van der Waals surface area contributed by atoms with Crippen LogP contribution in [0.15, 0.2) is 23.4 Å². The third-order valence-corrected chi connectivity index (χ3v) is 1.93. The van der Waals surface area contributed by atoms with Crippen LogP contribution in [0.25, 0.3) is 0 Å². The molecular weight excluding hydrogens is 158 g/mol. The molecule has 0 aromatic carbocycles. The van der Waals surface area contributed by atoms with Crippen molar-refractivity contribution in [3.05, 3.63) is 33.5 Å². The number of hydrogen-bond donors (Lipinski definition) is 0. The van der Waals surface area contributed by atoms with Crippen molar-refractivity contribution < 1.29 is 9.66 Å². The molecule has 1 atom stereocenters. The maximum Gasteiger partial charge on any atom is 0.252 e. The molecule has 0 fully saturated rings. The Labute approximate surface area is 70.7 Å². The smallest absolute Gasteiger partial charge is 0.252 e. The lowest BCUT2D eigenvalue weighted by atomic mass is 10.0. The molecule has 12 heavy (non-hydrogen) atoms. The van der Waals surface area contributed by atoms with E-state index in [0.717, 1.165) is 0 Å². The van der Waals surface area contributed by atoms with Gasteiger partial charge in [-0.25, -0.2) is 0 Å². The highest BCUT2D eigenvalue weighted by Gasteiger charge is 2.22. The van der Waals surface area contributed by atoms with Crippen LogP contribution in [0.4, 0.5) is 0 Å². The van der Waals surface area contributed by atoms with Gasteiger partial charge in [0.2, 0.25) is 0 Å². The molecule has 0 aliphatic heterocycles. The number of rotatable bonds is 2. The zero-order valence-electron chi connectivity index (χ0n) is 7.11. The molecule has 1 aliphatic carbocycles. The van der Waals surface area contributed by atoms with Gasteiger partial charge in [0.1, 0.15) is 0 Å². The van der Waals surface area contributed by atoms with Gasteiger partial charge in [-0.1, -0.05) is 12.2 Å². The van der Waals surface area contributed by atoms with Crippen LogP contribution in [0.3, 0.4) is 0 Å². The molecule has 0 aromatic heterocycles. The maximum atomic E-state index is 10.5. The monoisotopic (exact) mass is 169 g/mol. The van der Waals surface area contributed by atoms with Gasteiger partial charge in [-0.3, -0.25) is 10.1 Å². The van der Waals surface area contributed by atoms with Crippen molar-refractivity contribution in [2.24, 2.45) is 0 Å². The average Bonchev–Trinajstić information content (AvgIpc) is 2.05. The van der Waals surface area contributed by atoms with Crippen molar-refractivity contribution in [1.82, 2.24) is 0 Å². The molecule has 0 saturated carbocycles. The normalized spacial score (nSPS) is 23.0. The Hall–Kier alpha value is -1.16. The summed E-state index contributed by atoms with van der Waals surface area (Å²) in [4.78, 5) is 10.1. The van der Waals surface area contributed by atoms with Gasteiger partial charge in [0.25, 0.3) is 5.70 Å². The van der Waals surface area contributed by atoms with Crippen LogP contribution >= 0.6 is 0 Å². The van der Waals surface area contributed by atoms with Gasteiger partial charge in [0.15, 0.2) is 0 Å². The lowest BCUT2D eigenvalue weighted by Gasteiger charge is -2.13. The van der Waals surface area contributed by atoms with E-state index in [2.05, 4.69) is 0 Å². The molecule has 4 heteroatoms. The largest absolute Gasteiger partial charge is 0.377 e. The van der Waals surface area contributed by atoms with E-state index < -0.39 is 0 Å². The third-order valence-electron chi connectivity index (χ3n) is 1.93. The number of allylic oxidation sites excluding steroid dienone is 2. The van der Waals surface area contributed by atoms with E-state index in [-0.39, 0.29) is 16.7 Å². The maximum absolute atomic E-state index is 10.5. The van der Waals surface area contributed by atoms with Gasteiger partial charge in [-0.15, -0.1) is 0 Å². The predicted molar refractivity (Wildman–Crippen MR) is 44.2 cm³/mol. The Morgan fingerprint density at radius 1 is 1.75 bits per heavy atom. The van der Waals surface area contributed by atoms with Gasteiger partial charge in [-0.2, -0.15) is 0 Å². The van der Waals surface area contributed by atoms with Gasteiger partial charge in [0, 0.05) is 12.7 Å². The standard InChI is InChI=1S/C8H11NO3/c1-6-3-4-7(12-2)5-8(6)9(10)11/h3-4,7H,5H2,1-2H3. The van der Waals surface area contributed by atoms with E-state index in [0.29, 0.717) is 12.0 Å².